The van der Waals surface area contributed by atoms with Crippen LogP contribution in [-0.4, -0.2) is 27.0 Å². The molecule has 0 radical (unpaired) electrons. The number of halogens is 1. The third kappa shape index (κ3) is 2.13. The normalized spacial score (nSPS) is 10.9. The number of imidazole rings is 1. The van der Waals surface area contributed by atoms with Crippen molar-refractivity contribution < 1.29 is 4.39 Å². The maximum absolute atomic E-state index is 13.7. The lowest BCUT2D eigenvalue weighted by atomic mass is 10.2. The molecule has 20 heavy (non-hydrogen) atoms. The zero-order chi connectivity index (χ0) is 14.1. The van der Waals surface area contributed by atoms with E-state index < -0.39 is 0 Å². The molecule has 0 unspecified atom stereocenters. The highest BCUT2D eigenvalue weighted by Crippen LogP contribution is 2.22. The van der Waals surface area contributed by atoms with Crippen LogP contribution in [-0.2, 0) is 6.54 Å². The number of nitrogen functional groups attached to an aromatic ring is 1. The van der Waals surface area contributed by atoms with Gasteiger partial charge < -0.3 is 15.6 Å². The SMILES string of the molecule is CN(Cc1ccccc1F)c1nc(N)nc2nc[nH]c12. The van der Waals surface area contributed by atoms with E-state index >= 15 is 0 Å². The number of rotatable bonds is 3. The van der Waals surface area contributed by atoms with E-state index in [1.165, 1.54) is 12.4 Å². The van der Waals surface area contributed by atoms with Gasteiger partial charge in [-0.25, -0.2) is 9.37 Å². The molecule has 0 aliphatic carbocycles. The molecule has 1 aromatic carbocycles. The fourth-order valence-electron chi connectivity index (χ4n) is 2.07. The monoisotopic (exact) mass is 272 g/mol. The number of nitrogens with two attached hydrogens (primary N) is 1. The molecule has 6 nitrogen and oxygen atoms in total. The number of nitrogens with one attached hydrogen (secondary N) is 1. The molecule has 0 aliphatic rings. The summed E-state index contributed by atoms with van der Waals surface area (Å²) in [6, 6.07) is 6.63. The second-order valence-electron chi connectivity index (χ2n) is 4.45. The molecular weight excluding hydrogens is 259 g/mol. The Bertz CT molecular complexity index is 753. The maximum Gasteiger partial charge on any atom is 0.224 e. The number of aromatic nitrogens is 4. The van der Waals surface area contributed by atoms with Gasteiger partial charge in [-0.3, -0.25) is 0 Å². The third-order valence-electron chi connectivity index (χ3n) is 3.01. The van der Waals surface area contributed by atoms with Gasteiger partial charge in [-0.15, -0.1) is 0 Å². The van der Waals surface area contributed by atoms with Crippen molar-refractivity contribution in [3.05, 3.63) is 42.0 Å². The van der Waals surface area contributed by atoms with Crippen LogP contribution in [0.2, 0.25) is 0 Å². The predicted octanol–water partition coefficient (Wildman–Crippen LogP) is 1.71. The Hall–Kier alpha value is -2.70. The number of aromatic amines is 1. The molecule has 0 saturated heterocycles. The second-order valence-corrected chi connectivity index (χ2v) is 4.45. The minimum atomic E-state index is -0.248. The molecule has 0 atom stereocenters. The zero-order valence-electron chi connectivity index (χ0n) is 10.8. The summed E-state index contributed by atoms with van der Waals surface area (Å²) in [6.07, 6.45) is 1.53. The Kier molecular flexibility index (Phi) is 2.94. The Morgan fingerprint density at radius 1 is 1.30 bits per heavy atom. The fraction of sp³-hybridized carbons (Fsp3) is 0.154. The lowest BCUT2D eigenvalue weighted by molar-refractivity contribution is 0.607. The fourth-order valence-corrected chi connectivity index (χ4v) is 2.07. The Morgan fingerprint density at radius 2 is 2.10 bits per heavy atom. The minimum absolute atomic E-state index is 0.139. The summed E-state index contributed by atoms with van der Waals surface area (Å²) in [5.74, 6) is 0.482. The number of nitrogens with zero attached hydrogens (tertiary/aromatic N) is 4. The predicted molar refractivity (Wildman–Crippen MR) is 74.6 cm³/mol. The summed E-state index contributed by atoms with van der Waals surface area (Å²) in [6.45, 7) is 0.372. The van der Waals surface area contributed by atoms with Crippen LogP contribution in [0.25, 0.3) is 11.2 Å². The van der Waals surface area contributed by atoms with Crippen LogP contribution in [0.15, 0.2) is 30.6 Å². The molecule has 3 aromatic rings. The topological polar surface area (TPSA) is 83.7 Å². The number of fused-ring (bicyclic) bond motifs is 1. The molecule has 0 aliphatic heterocycles. The van der Waals surface area contributed by atoms with Gasteiger partial charge in [-0.2, -0.15) is 9.97 Å². The Morgan fingerprint density at radius 3 is 2.90 bits per heavy atom. The lowest BCUT2D eigenvalue weighted by Gasteiger charge is -2.19. The van der Waals surface area contributed by atoms with Gasteiger partial charge in [-0.05, 0) is 6.07 Å². The summed E-state index contributed by atoms with van der Waals surface area (Å²) < 4.78 is 13.7. The molecule has 2 aromatic heterocycles. The molecular formula is C13H13FN6. The van der Waals surface area contributed by atoms with Crippen molar-refractivity contribution in [2.75, 3.05) is 17.7 Å². The molecule has 0 bridgehead atoms. The number of benzene rings is 1. The van der Waals surface area contributed by atoms with E-state index in [0.717, 1.165) is 0 Å². The van der Waals surface area contributed by atoms with Gasteiger partial charge in [0, 0.05) is 19.2 Å². The van der Waals surface area contributed by atoms with Gasteiger partial charge >= 0.3 is 0 Å². The number of anilines is 2. The van der Waals surface area contributed by atoms with Gasteiger partial charge in [0.2, 0.25) is 5.95 Å². The van der Waals surface area contributed by atoms with Crippen molar-refractivity contribution in [1.29, 1.82) is 0 Å². The lowest BCUT2D eigenvalue weighted by Crippen LogP contribution is -2.19. The van der Waals surface area contributed by atoms with E-state index in [1.807, 2.05) is 7.05 Å². The van der Waals surface area contributed by atoms with Gasteiger partial charge in [0.15, 0.2) is 11.5 Å². The highest BCUT2D eigenvalue weighted by Gasteiger charge is 2.14. The molecule has 7 heteroatoms. The molecule has 0 spiro atoms. The van der Waals surface area contributed by atoms with Crippen LogP contribution in [0.3, 0.4) is 0 Å². The molecule has 0 saturated carbocycles. The van der Waals surface area contributed by atoms with E-state index in [1.54, 1.807) is 23.1 Å². The number of hydrogen-bond acceptors (Lipinski definition) is 5. The van der Waals surface area contributed by atoms with Crippen LogP contribution in [0.5, 0.6) is 0 Å². The van der Waals surface area contributed by atoms with Crippen molar-refractivity contribution in [2.24, 2.45) is 0 Å². The van der Waals surface area contributed by atoms with Crippen LogP contribution >= 0.6 is 0 Å². The van der Waals surface area contributed by atoms with Crippen molar-refractivity contribution in [2.45, 2.75) is 6.54 Å². The van der Waals surface area contributed by atoms with Crippen molar-refractivity contribution >= 4 is 22.9 Å². The van der Waals surface area contributed by atoms with Crippen molar-refractivity contribution in [3.8, 4) is 0 Å². The molecule has 0 amide bonds. The van der Waals surface area contributed by atoms with Crippen LogP contribution in [0.1, 0.15) is 5.56 Å². The largest absolute Gasteiger partial charge is 0.368 e. The first-order valence-corrected chi connectivity index (χ1v) is 6.06. The molecule has 2 heterocycles. The summed E-state index contributed by atoms with van der Waals surface area (Å²) in [7, 11) is 1.81. The zero-order valence-corrected chi connectivity index (χ0v) is 10.8. The van der Waals surface area contributed by atoms with Crippen LogP contribution < -0.4 is 10.6 Å². The summed E-state index contributed by atoms with van der Waals surface area (Å²) in [5.41, 5.74) is 7.42. The summed E-state index contributed by atoms with van der Waals surface area (Å²) in [4.78, 5) is 17.1. The van der Waals surface area contributed by atoms with E-state index in [9.17, 15) is 4.39 Å². The molecule has 0 fully saturated rings. The highest BCUT2D eigenvalue weighted by atomic mass is 19.1. The summed E-state index contributed by atoms with van der Waals surface area (Å²) in [5, 5.41) is 0. The Balaban J connectivity index is 1.98. The van der Waals surface area contributed by atoms with Gasteiger partial charge in [0.1, 0.15) is 11.3 Å². The molecule has 3 N–H and O–H groups in total. The standard InChI is InChI=1S/C13H13FN6/c1-20(6-8-4-2-3-5-9(8)14)12-10-11(17-7-16-10)18-13(15)19-12/h2-5,7H,6H2,1H3,(H3,15,16,17,18,19). The van der Waals surface area contributed by atoms with Gasteiger partial charge in [-0.1, -0.05) is 18.2 Å². The average Bonchev–Trinajstić information content (AvgIpc) is 2.88. The maximum atomic E-state index is 13.7. The van der Waals surface area contributed by atoms with Gasteiger partial charge in [0.25, 0.3) is 0 Å². The van der Waals surface area contributed by atoms with E-state index in [2.05, 4.69) is 19.9 Å². The Labute approximate surface area is 114 Å². The first-order valence-electron chi connectivity index (χ1n) is 6.06. The molecule has 3 rings (SSSR count). The summed E-state index contributed by atoms with van der Waals surface area (Å²) >= 11 is 0. The van der Waals surface area contributed by atoms with E-state index in [0.29, 0.717) is 29.1 Å². The van der Waals surface area contributed by atoms with Gasteiger partial charge in [0.05, 0.1) is 6.33 Å². The number of H-pyrrole nitrogens is 1. The van der Waals surface area contributed by atoms with Crippen molar-refractivity contribution in [1.82, 2.24) is 19.9 Å². The minimum Gasteiger partial charge on any atom is -0.368 e. The molecule has 102 valence electrons. The van der Waals surface area contributed by atoms with E-state index in [4.69, 9.17) is 5.73 Å². The van der Waals surface area contributed by atoms with Crippen molar-refractivity contribution in [3.63, 3.8) is 0 Å². The first kappa shape index (κ1) is 12.3. The smallest absolute Gasteiger partial charge is 0.224 e. The third-order valence-corrected chi connectivity index (χ3v) is 3.01. The highest BCUT2D eigenvalue weighted by molar-refractivity contribution is 5.83. The van der Waals surface area contributed by atoms with E-state index in [-0.39, 0.29) is 11.8 Å². The average molecular weight is 272 g/mol. The van der Waals surface area contributed by atoms with Crippen LogP contribution in [0, 0.1) is 5.82 Å². The second kappa shape index (κ2) is 4.76. The quantitative estimate of drug-likeness (QED) is 0.758. The number of hydrogen-bond donors (Lipinski definition) is 2. The van der Waals surface area contributed by atoms with Crippen LogP contribution in [0.4, 0.5) is 16.2 Å². The first-order chi connectivity index (χ1) is 9.65.